The monoisotopic (exact) mass is 1050 g/mol. The van der Waals surface area contributed by atoms with Gasteiger partial charge in [-0.2, -0.15) is 0 Å². The van der Waals surface area contributed by atoms with Gasteiger partial charge in [-0.25, -0.2) is 4.57 Å². The Kier molecular flexibility index (Phi) is 51.2. The second kappa shape index (κ2) is 54.0. The minimum atomic E-state index is -4.40. The van der Waals surface area contributed by atoms with Crippen LogP contribution in [0.15, 0.2) is 134 Å². The van der Waals surface area contributed by atoms with E-state index in [-0.39, 0.29) is 32.0 Å². The smallest absolute Gasteiger partial charge is 0.462 e. The number of allylic oxidation sites excluding steroid dienone is 22. The van der Waals surface area contributed by atoms with E-state index in [0.717, 1.165) is 128 Å². The van der Waals surface area contributed by atoms with E-state index in [1.807, 2.05) is 21.1 Å². The Hall–Kier alpha value is -3.85. The van der Waals surface area contributed by atoms with Gasteiger partial charge >= 0.3 is 19.8 Å². The van der Waals surface area contributed by atoms with Crippen LogP contribution in [0.25, 0.3) is 0 Å². The van der Waals surface area contributed by atoms with Crippen LogP contribution < -0.4 is 0 Å². The molecular formula is C64H107NO8P+. The molecule has 2 unspecified atom stereocenters. The first-order valence-corrected chi connectivity index (χ1v) is 30.4. The largest absolute Gasteiger partial charge is 0.472 e. The van der Waals surface area contributed by atoms with E-state index < -0.39 is 26.5 Å². The summed E-state index contributed by atoms with van der Waals surface area (Å²) in [5, 5.41) is 0. The first kappa shape index (κ1) is 70.1. The third kappa shape index (κ3) is 57.4. The van der Waals surface area contributed by atoms with Crippen molar-refractivity contribution in [3.8, 4) is 0 Å². The minimum absolute atomic E-state index is 0.0200. The van der Waals surface area contributed by atoms with Gasteiger partial charge in [-0.15, -0.1) is 0 Å². The normalized spacial score (nSPS) is 14.3. The molecule has 9 nitrogen and oxygen atoms in total. The molecule has 0 radical (unpaired) electrons. The lowest BCUT2D eigenvalue weighted by molar-refractivity contribution is -0.870. The average molecular weight is 1050 g/mol. The quantitative estimate of drug-likeness (QED) is 0.0211. The number of esters is 2. The molecule has 0 aliphatic rings. The zero-order valence-electron chi connectivity index (χ0n) is 47.5. The number of carbonyl (C=O) groups excluding carboxylic acids is 2. The Balaban J connectivity index is 4.26. The number of carbonyl (C=O) groups is 2. The summed E-state index contributed by atoms with van der Waals surface area (Å²) < 4.78 is 34.5. The fraction of sp³-hybridized carbons (Fsp3) is 0.625. The number of rotatable bonds is 51. The van der Waals surface area contributed by atoms with E-state index in [9.17, 15) is 19.0 Å². The molecule has 2 atom stereocenters. The summed E-state index contributed by atoms with van der Waals surface area (Å²) in [5.41, 5.74) is 0. The third-order valence-electron chi connectivity index (χ3n) is 11.7. The van der Waals surface area contributed by atoms with Crippen molar-refractivity contribution < 1.29 is 42.1 Å². The molecule has 1 N–H and O–H groups in total. The number of nitrogens with zero attached hydrogens (tertiary/aromatic N) is 1. The van der Waals surface area contributed by atoms with Crippen LogP contribution in [0.4, 0.5) is 0 Å². The number of unbranched alkanes of at least 4 members (excludes halogenated alkanes) is 15. The summed E-state index contributed by atoms with van der Waals surface area (Å²) in [6.45, 7) is 4.17. The van der Waals surface area contributed by atoms with Gasteiger partial charge in [-0.1, -0.05) is 218 Å². The summed E-state index contributed by atoms with van der Waals surface area (Å²) >= 11 is 0. The first-order valence-electron chi connectivity index (χ1n) is 28.9. The van der Waals surface area contributed by atoms with Gasteiger partial charge in [-0.3, -0.25) is 18.6 Å². The van der Waals surface area contributed by atoms with Crippen molar-refractivity contribution in [2.45, 2.75) is 213 Å². The topological polar surface area (TPSA) is 108 Å². The molecule has 0 spiro atoms. The Morgan fingerprint density at radius 3 is 1.08 bits per heavy atom. The third-order valence-corrected chi connectivity index (χ3v) is 12.7. The Bertz CT molecular complexity index is 1710. The van der Waals surface area contributed by atoms with Gasteiger partial charge in [0, 0.05) is 12.8 Å². The molecule has 0 fully saturated rings. The second-order valence-electron chi connectivity index (χ2n) is 19.9. The Morgan fingerprint density at radius 2 is 0.730 bits per heavy atom. The molecule has 0 saturated carbocycles. The molecule has 10 heteroatoms. The number of hydrogen-bond acceptors (Lipinski definition) is 7. The summed E-state index contributed by atoms with van der Waals surface area (Å²) in [6.07, 6.45) is 77.9. The molecule has 0 heterocycles. The lowest BCUT2D eigenvalue weighted by Gasteiger charge is -2.24. The molecule has 0 amide bonds. The van der Waals surface area contributed by atoms with Crippen molar-refractivity contribution in [2.24, 2.45) is 0 Å². The molecule has 0 aromatic carbocycles. The van der Waals surface area contributed by atoms with Gasteiger partial charge in [-0.05, 0) is 109 Å². The maximum Gasteiger partial charge on any atom is 0.472 e. The van der Waals surface area contributed by atoms with E-state index in [1.54, 1.807) is 0 Å². The summed E-state index contributed by atoms with van der Waals surface area (Å²) in [7, 11) is 1.44. The highest BCUT2D eigenvalue weighted by atomic mass is 31.2. The highest BCUT2D eigenvalue weighted by Crippen LogP contribution is 2.43. The van der Waals surface area contributed by atoms with Gasteiger partial charge in [0.1, 0.15) is 19.8 Å². The van der Waals surface area contributed by atoms with E-state index >= 15 is 0 Å². The van der Waals surface area contributed by atoms with Crippen LogP contribution in [0.2, 0.25) is 0 Å². The fourth-order valence-corrected chi connectivity index (χ4v) is 8.02. The van der Waals surface area contributed by atoms with Crippen molar-refractivity contribution >= 4 is 19.8 Å². The van der Waals surface area contributed by atoms with E-state index in [0.29, 0.717) is 17.4 Å². The van der Waals surface area contributed by atoms with Crippen molar-refractivity contribution in [1.29, 1.82) is 0 Å². The molecule has 0 aromatic heterocycles. The highest BCUT2D eigenvalue weighted by Gasteiger charge is 2.27. The number of quaternary nitrogens is 1. The van der Waals surface area contributed by atoms with E-state index in [1.165, 1.54) is 44.9 Å². The minimum Gasteiger partial charge on any atom is -0.462 e. The fourth-order valence-electron chi connectivity index (χ4n) is 7.28. The molecule has 0 aliphatic heterocycles. The maximum atomic E-state index is 12.8. The molecule has 420 valence electrons. The van der Waals surface area contributed by atoms with Gasteiger partial charge in [0.15, 0.2) is 6.10 Å². The van der Waals surface area contributed by atoms with Crippen LogP contribution in [-0.4, -0.2) is 74.9 Å². The number of hydrogen-bond donors (Lipinski definition) is 1. The van der Waals surface area contributed by atoms with Crippen molar-refractivity contribution in [3.63, 3.8) is 0 Å². The van der Waals surface area contributed by atoms with Crippen LogP contribution in [0, 0.1) is 0 Å². The maximum absolute atomic E-state index is 12.8. The predicted octanol–water partition coefficient (Wildman–Crippen LogP) is 18.1. The SMILES string of the molecule is CC/C=C\C/C=C\C/C=C\C/C=C\C/C=C\C/C=C\C/C=C\CCCCCCCCCC(=O)OC(COC(=O)CCCCCCCCCC/C=C\C/C=C\C/C=C\C/C=C\CC)COP(=O)(O)OCC[N+](C)(C)C. The van der Waals surface area contributed by atoms with E-state index in [4.69, 9.17) is 18.5 Å². The van der Waals surface area contributed by atoms with Gasteiger partial charge < -0.3 is 18.9 Å². The molecule has 0 rings (SSSR count). The number of ether oxygens (including phenoxy) is 2. The van der Waals surface area contributed by atoms with Crippen LogP contribution >= 0.6 is 7.82 Å². The predicted molar refractivity (Wildman–Crippen MR) is 316 cm³/mol. The zero-order valence-corrected chi connectivity index (χ0v) is 48.4. The van der Waals surface area contributed by atoms with E-state index in [2.05, 4.69) is 148 Å². The summed E-state index contributed by atoms with van der Waals surface area (Å²) in [5.74, 6) is -0.830. The lowest BCUT2D eigenvalue weighted by atomic mass is 10.1. The molecule has 0 aromatic rings. The number of phosphoric ester groups is 1. The van der Waals surface area contributed by atoms with Gasteiger partial charge in [0.2, 0.25) is 0 Å². The van der Waals surface area contributed by atoms with Crippen LogP contribution in [0.5, 0.6) is 0 Å². The Labute approximate surface area is 453 Å². The molecule has 0 saturated heterocycles. The highest BCUT2D eigenvalue weighted by molar-refractivity contribution is 7.47. The van der Waals surface area contributed by atoms with Crippen LogP contribution in [0.3, 0.4) is 0 Å². The molecular weight excluding hydrogens is 942 g/mol. The van der Waals surface area contributed by atoms with Crippen molar-refractivity contribution in [3.05, 3.63) is 134 Å². The van der Waals surface area contributed by atoms with Crippen molar-refractivity contribution in [1.82, 2.24) is 0 Å². The van der Waals surface area contributed by atoms with Crippen molar-refractivity contribution in [2.75, 3.05) is 47.5 Å². The summed E-state index contributed by atoms with van der Waals surface area (Å²) in [4.78, 5) is 35.7. The lowest BCUT2D eigenvalue weighted by Crippen LogP contribution is -2.37. The zero-order chi connectivity index (χ0) is 54.2. The van der Waals surface area contributed by atoms with Gasteiger partial charge in [0.05, 0.1) is 27.7 Å². The Morgan fingerprint density at radius 1 is 0.419 bits per heavy atom. The second-order valence-corrected chi connectivity index (χ2v) is 21.4. The molecule has 0 bridgehead atoms. The van der Waals surface area contributed by atoms with Gasteiger partial charge in [0.25, 0.3) is 0 Å². The standard InChI is InChI=1S/C64H106NO8P/c1-6-8-10-12-14-16-18-20-22-24-26-28-29-30-31-32-33-34-35-37-39-41-43-45-47-49-51-53-55-57-64(67)73-62(61-72-74(68,69)71-59-58-65(3,4)5)60-70-63(66)56-54-52-50-48-46-44-42-40-38-36-27-25-23-21-19-17-15-13-11-9-7-2/h8-11,14-17,20-23,26-28,30-31,33-34,36-37,39,62H,6-7,12-13,18-19,24-25,29,32,35,38,40-61H2,1-5H3/p+1/b10-8-,11-9-,16-14-,17-15-,22-20-,23-21-,28-26-,31-30-,34-33-,36-27-,39-37-. The van der Waals surface area contributed by atoms with Crippen LogP contribution in [-0.2, 0) is 32.7 Å². The molecule has 0 aliphatic carbocycles. The molecule has 74 heavy (non-hydrogen) atoms. The van der Waals surface area contributed by atoms with Crippen LogP contribution in [0.1, 0.15) is 206 Å². The first-order chi connectivity index (χ1) is 36.0. The number of phosphoric acid groups is 1. The number of likely N-dealkylation sites (N-methyl/N-ethyl adjacent to an activating group) is 1. The average Bonchev–Trinajstić information content (AvgIpc) is 3.36. The summed E-state index contributed by atoms with van der Waals surface area (Å²) in [6, 6.07) is 0.